The number of rotatable bonds is 7. The number of hydrogen-bond donors (Lipinski definition) is 0. The summed E-state index contributed by atoms with van der Waals surface area (Å²) in [5, 5.41) is 10.5. The summed E-state index contributed by atoms with van der Waals surface area (Å²) in [5.41, 5.74) is 9.60. The van der Waals surface area contributed by atoms with E-state index in [0.29, 0.717) is 0 Å². The van der Waals surface area contributed by atoms with Crippen molar-refractivity contribution in [3.05, 3.63) is 231 Å². The maximum absolute atomic E-state index is 2.85. The molecule has 57 heavy (non-hydrogen) atoms. The van der Waals surface area contributed by atoms with Crippen molar-refractivity contribution in [2.45, 2.75) is 0 Å². The van der Waals surface area contributed by atoms with Crippen LogP contribution in [-0.2, 0) is 0 Å². The second kappa shape index (κ2) is 13.5. The van der Waals surface area contributed by atoms with Crippen LogP contribution in [0.2, 0.25) is 0 Å². The molecular weight excluding hydrogens is 705 g/mol. The van der Waals surface area contributed by atoms with E-state index in [1.165, 1.54) is 81.2 Å². The molecule has 268 valence electrons. The molecule has 9 aromatic carbocycles. The van der Waals surface area contributed by atoms with Crippen LogP contribution in [0.4, 0.5) is 0 Å². The maximum atomic E-state index is 2.52. The van der Waals surface area contributed by atoms with Gasteiger partial charge in [0.2, 0.25) is 0 Å². The van der Waals surface area contributed by atoms with Gasteiger partial charge in [-0.05, 0) is 80.4 Å². The highest BCUT2D eigenvalue weighted by Crippen LogP contribution is 2.37. The monoisotopic (exact) mass is 742 g/mol. The third-order valence-electron chi connectivity index (χ3n) is 11.9. The molecule has 0 amide bonds. The highest BCUT2D eigenvalue weighted by molar-refractivity contribution is 7.20. The second-order valence-corrected chi connectivity index (χ2v) is 18.7. The molecule has 0 atom stereocenters. The number of aromatic nitrogens is 2. The summed E-state index contributed by atoms with van der Waals surface area (Å²) in [6, 6.07) is 85.3. The average Bonchev–Trinajstić information content (AvgIpc) is 3.80. The summed E-state index contributed by atoms with van der Waals surface area (Å²) in [6.45, 7) is 0. The second-order valence-electron chi connectivity index (χ2n) is 14.9. The van der Waals surface area contributed by atoms with Crippen LogP contribution in [-0.4, -0.2) is 17.2 Å². The lowest BCUT2D eigenvalue weighted by atomic mass is 10.1. The summed E-state index contributed by atoms with van der Waals surface area (Å²) < 4.78 is 4.85. The first-order chi connectivity index (χ1) is 28.3. The van der Waals surface area contributed by atoms with Gasteiger partial charge in [-0.2, -0.15) is 0 Å². The smallest absolute Gasteiger partial charge is 0.179 e. The van der Waals surface area contributed by atoms with Crippen LogP contribution in [0.15, 0.2) is 231 Å². The molecule has 3 heteroatoms. The zero-order valence-corrected chi connectivity index (χ0v) is 32.3. The van der Waals surface area contributed by atoms with Gasteiger partial charge in [0.15, 0.2) is 8.07 Å². The first kappa shape index (κ1) is 33.2. The molecule has 0 bridgehead atoms. The Balaban J connectivity index is 1.18. The maximum Gasteiger partial charge on any atom is 0.179 e. The molecule has 0 radical (unpaired) electrons. The Bertz CT molecular complexity index is 3180. The van der Waals surface area contributed by atoms with E-state index < -0.39 is 8.07 Å². The van der Waals surface area contributed by atoms with Crippen LogP contribution in [0.3, 0.4) is 0 Å². The van der Waals surface area contributed by atoms with Crippen molar-refractivity contribution in [2.75, 3.05) is 0 Å². The topological polar surface area (TPSA) is 9.86 Å². The summed E-state index contributed by atoms with van der Waals surface area (Å²) in [5.74, 6) is 0. The van der Waals surface area contributed by atoms with Crippen LogP contribution in [0, 0.1) is 0 Å². The van der Waals surface area contributed by atoms with Gasteiger partial charge in [0.05, 0.1) is 22.1 Å². The van der Waals surface area contributed by atoms with E-state index in [4.69, 9.17) is 0 Å². The summed E-state index contributed by atoms with van der Waals surface area (Å²) in [6.07, 6.45) is 0. The van der Waals surface area contributed by atoms with Gasteiger partial charge in [-0.25, -0.2) is 0 Å². The fraction of sp³-hybridized carbons (Fsp3) is 0. The molecule has 2 nitrogen and oxygen atoms in total. The predicted octanol–water partition coefficient (Wildman–Crippen LogP) is 10.9. The van der Waals surface area contributed by atoms with Crippen molar-refractivity contribution in [2.24, 2.45) is 0 Å². The molecule has 2 aromatic heterocycles. The van der Waals surface area contributed by atoms with Crippen LogP contribution < -0.4 is 20.7 Å². The van der Waals surface area contributed by atoms with Crippen molar-refractivity contribution in [1.82, 2.24) is 9.13 Å². The van der Waals surface area contributed by atoms with Crippen molar-refractivity contribution in [1.29, 1.82) is 0 Å². The predicted molar refractivity (Wildman–Crippen MR) is 244 cm³/mol. The Kier molecular flexibility index (Phi) is 7.87. The average molecular weight is 743 g/mol. The molecule has 0 saturated heterocycles. The number of hydrogen-bond acceptors (Lipinski definition) is 0. The molecule has 0 aliphatic heterocycles. The van der Waals surface area contributed by atoms with Crippen molar-refractivity contribution in [3.8, 4) is 22.5 Å². The molecule has 0 aliphatic carbocycles. The molecule has 0 N–H and O–H groups in total. The van der Waals surface area contributed by atoms with E-state index in [9.17, 15) is 0 Å². The first-order valence-corrected chi connectivity index (χ1v) is 21.7. The molecule has 11 aromatic rings. The van der Waals surface area contributed by atoms with Crippen molar-refractivity contribution < 1.29 is 0 Å². The van der Waals surface area contributed by atoms with Gasteiger partial charge >= 0.3 is 0 Å². The van der Waals surface area contributed by atoms with Gasteiger partial charge in [-0.1, -0.05) is 182 Å². The van der Waals surface area contributed by atoms with Crippen molar-refractivity contribution in [3.63, 3.8) is 0 Å². The SMILES string of the molecule is c1ccc(-c2cccc([Si](c3ccccc3)(c3ccccc3)c3ccc4c(c3)c3ccccc3n4-c3ccc4c(c3)c3ccccc3n4-c3ccccc3)c2)cc1. The highest BCUT2D eigenvalue weighted by atomic mass is 28.3. The third-order valence-corrected chi connectivity index (χ3v) is 16.6. The molecule has 2 heterocycles. The fourth-order valence-corrected chi connectivity index (χ4v) is 14.2. The van der Waals surface area contributed by atoms with Gasteiger partial charge in [-0.15, -0.1) is 0 Å². The first-order valence-electron chi connectivity index (χ1n) is 19.7. The lowest BCUT2D eigenvalue weighted by Gasteiger charge is -2.35. The van der Waals surface area contributed by atoms with Crippen LogP contribution in [0.25, 0.3) is 66.1 Å². The van der Waals surface area contributed by atoms with E-state index in [1.54, 1.807) is 0 Å². The molecule has 0 aliphatic rings. The van der Waals surface area contributed by atoms with E-state index >= 15 is 0 Å². The zero-order valence-electron chi connectivity index (χ0n) is 31.3. The largest absolute Gasteiger partial charge is 0.309 e. The Morgan fingerprint density at radius 2 is 0.684 bits per heavy atom. The Morgan fingerprint density at radius 3 is 1.32 bits per heavy atom. The molecule has 0 unspecified atom stereocenters. The summed E-state index contributed by atoms with van der Waals surface area (Å²) in [4.78, 5) is 0. The molecule has 0 spiro atoms. The number of fused-ring (bicyclic) bond motifs is 6. The highest BCUT2D eigenvalue weighted by Gasteiger charge is 2.42. The molecule has 0 saturated carbocycles. The minimum Gasteiger partial charge on any atom is -0.309 e. The molecular formula is C54H38N2Si. The Labute approximate surface area is 333 Å². The van der Waals surface area contributed by atoms with Crippen LogP contribution in [0.1, 0.15) is 0 Å². The lowest BCUT2D eigenvalue weighted by Crippen LogP contribution is -2.74. The molecule has 0 fully saturated rings. The Morgan fingerprint density at radius 1 is 0.246 bits per heavy atom. The van der Waals surface area contributed by atoms with Gasteiger partial charge < -0.3 is 9.13 Å². The number of benzene rings is 9. The summed E-state index contributed by atoms with van der Waals surface area (Å²) in [7, 11) is -2.85. The van der Waals surface area contributed by atoms with Gasteiger partial charge in [0, 0.05) is 32.9 Å². The van der Waals surface area contributed by atoms with E-state index in [-0.39, 0.29) is 0 Å². The zero-order chi connectivity index (χ0) is 37.8. The summed E-state index contributed by atoms with van der Waals surface area (Å²) >= 11 is 0. The van der Waals surface area contributed by atoms with Crippen molar-refractivity contribution >= 4 is 72.4 Å². The van der Waals surface area contributed by atoms with Gasteiger partial charge in [-0.3, -0.25) is 0 Å². The van der Waals surface area contributed by atoms with Gasteiger partial charge in [0.25, 0.3) is 0 Å². The Hall–Kier alpha value is -7.20. The van der Waals surface area contributed by atoms with E-state index in [2.05, 4.69) is 240 Å². The lowest BCUT2D eigenvalue weighted by molar-refractivity contribution is 1.17. The third kappa shape index (κ3) is 5.24. The minimum absolute atomic E-state index is 1.16. The van der Waals surface area contributed by atoms with Crippen LogP contribution >= 0.6 is 0 Å². The fourth-order valence-electron chi connectivity index (χ4n) is 9.38. The quantitative estimate of drug-likeness (QED) is 0.114. The number of nitrogens with zero attached hydrogens (tertiary/aromatic N) is 2. The van der Waals surface area contributed by atoms with E-state index in [0.717, 1.165) is 5.69 Å². The molecule has 11 rings (SSSR count). The van der Waals surface area contributed by atoms with Gasteiger partial charge in [0.1, 0.15) is 0 Å². The minimum atomic E-state index is -2.85. The number of para-hydroxylation sites is 3. The van der Waals surface area contributed by atoms with Crippen LogP contribution in [0.5, 0.6) is 0 Å². The standard InChI is InChI=1S/C54H38N2Si/c1-5-18-39(19-6-1)40-20-17-27-45(36-40)57(43-23-9-3-10-24-43,44-25-11-4-12-26-44)46-33-35-54-50(38-46)48-29-14-16-31-52(48)56(54)42-32-34-53-49(37-42)47-28-13-15-30-51(47)55(53)41-21-7-2-8-22-41/h1-38H. The van der Waals surface area contributed by atoms with E-state index in [1.807, 2.05) is 0 Å². The normalized spacial score (nSPS) is 11.9.